The summed E-state index contributed by atoms with van der Waals surface area (Å²) >= 11 is 0. The van der Waals surface area contributed by atoms with Gasteiger partial charge in [-0.05, 0) is 39.3 Å². The van der Waals surface area contributed by atoms with Crippen molar-refractivity contribution in [1.29, 1.82) is 0 Å². The van der Waals surface area contributed by atoms with E-state index in [0.29, 0.717) is 18.9 Å². The molecule has 2 rings (SSSR count). The molecular formula is C15H22FN3O2. The molecule has 0 aromatic carbocycles. The Morgan fingerprint density at radius 2 is 2.19 bits per heavy atom. The minimum atomic E-state index is -0.499. The molecule has 5 nitrogen and oxygen atoms in total. The van der Waals surface area contributed by atoms with Crippen molar-refractivity contribution >= 4 is 11.9 Å². The molecule has 21 heavy (non-hydrogen) atoms. The number of nitrogens with zero attached hydrogens (tertiary/aromatic N) is 3. The Kier molecular flexibility index (Phi) is 4.34. The molecule has 1 aliphatic heterocycles. The smallest absolute Gasteiger partial charge is 0.410 e. The first-order valence-electron chi connectivity index (χ1n) is 7.09. The summed E-state index contributed by atoms with van der Waals surface area (Å²) in [6, 6.07) is 4.83. The SMILES string of the molecule is CN(c1cccc(F)n1)C1CCN(C(=O)OC(C)(C)C)C1. The van der Waals surface area contributed by atoms with Gasteiger partial charge in [0.15, 0.2) is 0 Å². The summed E-state index contributed by atoms with van der Waals surface area (Å²) in [5, 5.41) is 0. The lowest BCUT2D eigenvalue weighted by molar-refractivity contribution is 0.0292. The predicted molar refractivity (Wildman–Crippen MR) is 78.8 cm³/mol. The van der Waals surface area contributed by atoms with Crippen molar-refractivity contribution in [2.24, 2.45) is 0 Å². The molecule has 1 unspecified atom stereocenters. The summed E-state index contributed by atoms with van der Waals surface area (Å²) < 4.78 is 18.6. The maximum atomic E-state index is 13.2. The number of rotatable bonds is 2. The molecule has 0 aliphatic carbocycles. The van der Waals surface area contributed by atoms with Gasteiger partial charge in [-0.25, -0.2) is 9.78 Å². The zero-order valence-corrected chi connectivity index (χ0v) is 13.0. The number of carbonyl (C=O) groups is 1. The molecule has 2 heterocycles. The van der Waals surface area contributed by atoms with Crippen LogP contribution in [0.5, 0.6) is 0 Å². The Labute approximate surface area is 124 Å². The molecule has 0 bridgehead atoms. The molecular weight excluding hydrogens is 273 g/mol. The highest BCUT2D eigenvalue weighted by Gasteiger charge is 2.32. The maximum absolute atomic E-state index is 13.2. The summed E-state index contributed by atoms with van der Waals surface area (Å²) in [5.74, 6) is 0.0763. The average molecular weight is 295 g/mol. The molecule has 1 amide bonds. The fourth-order valence-electron chi connectivity index (χ4n) is 2.33. The van der Waals surface area contributed by atoms with Crippen LogP contribution < -0.4 is 4.90 Å². The van der Waals surface area contributed by atoms with Crippen LogP contribution in [0.25, 0.3) is 0 Å². The van der Waals surface area contributed by atoms with Gasteiger partial charge in [0, 0.05) is 26.2 Å². The molecule has 0 N–H and O–H groups in total. The van der Waals surface area contributed by atoms with Gasteiger partial charge in [0.1, 0.15) is 11.4 Å². The number of amides is 1. The average Bonchev–Trinajstić information content (AvgIpc) is 2.85. The second kappa shape index (κ2) is 5.87. The second-order valence-electron chi connectivity index (χ2n) is 6.30. The van der Waals surface area contributed by atoms with Crippen LogP contribution in [0.4, 0.5) is 15.0 Å². The molecule has 6 heteroatoms. The minimum Gasteiger partial charge on any atom is -0.444 e. The van der Waals surface area contributed by atoms with Crippen LogP contribution in [-0.4, -0.2) is 47.8 Å². The lowest BCUT2D eigenvalue weighted by Crippen LogP contribution is -2.39. The molecule has 1 fully saturated rings. The maximum Gasteiger partial charge on any atom is 0.410 e. The van der Waals surface area contributed by atoms with Gasteiger partial charge in [-0.2, -0.15) is 4.39 Å². The van der Waals surface area contributed by atoms with Gasteiger partial charge in [-0.1, -0.05) is 6.07 Å². The number of anilines is 1. The summed E-state index contributed by atoms with van der Waals surface area (Å²) in [7, 11) is 1.87. The van der Waals surface area contributed by atoms with Crippen LogP contribution >= 0.6 is 0 Å². The van der Waals surface area contributed by atoms with E-state index in [1.54, 1.807) is 17.0 Å². The second-order valence-corrected chi connectivity index (χ2v) is 6.30. The van der Waals surface area contributed by atoms with Gasteiger partial charge < -0.3 is 14.5 Å². The topological polar surface area (TPSA) is 45.7 Å². The number of carbonyl (C=O) groups excluding carboxylic acids is 1. The fraction of sp³-hybridized carbons (Fsp3) is 0.600. The van der Waals surface area contributed by atoms with E-state index in [4.69, 9.17) is 4.74 Å². The molecule has 0 saturated carbocycles. The van der Waals surface area contributed by atoms with Crippen molar-refractivity contribution in [3.63, 3.8) is 0 Å². The Hall–Kier alpha value is -1.85. The van der Waals surface area contributed by atoms with Gasteiger partial charge in [-0.15, -0.1) is 0 Å². The molecule has 1 aromatic rings. The third-order valence-electron chi connectivity index (χ3n) is 3.42. The summed E-state index contributed by atoms with van der Waals surface area (Å²) in [6.45, 7) is 6.74. The van der Waals surface area contributed by atoms with Gasteiger partial charge in [0.05, 0.1) is 0 Å². The molecule has 116 valence electrons. The normalized spacial score (nSPS) is 18.7. The van der Waals surface area contributed by atoms with E-state index in [1.165, 1.54) is 6.07 Å². The fourth-order valence-corrected chi connectivity index (χ4v) is 2.33. The van der Waals surface area contributed by atoms with Crippen LogP contribution in [0, 0.1) is 5.95 Å². The van der Waals surface area contributed by atoms with Gasteiger partial charge >= 0.3 is 6.09 Å². The highest BCUT2D eigenvalue weighted by Crippen LogP contribution is 2.21. The third kappa shape index (κ3) is 4.06. The van der Waals surface area contributed by atoms with Crippen LogP contribution in [0.15, 0.2) is 18.2 Å². The molecule has 1 aromatic heterocycles. The zero-order valence-electron chi connectivity index (χ0n) is 13.0. The van der Waals surface area contributed by atoms with Gasteiger partial charge in [-0.3, -0.25) is 0 Å². The van der Waals surface area contributed by atoms with E-state index >= 15 is 0 Å². The van der Waals surface area contributed by atoms with E-state index in [0.717, 1.165) is 6.42 Å². The standard InChI is InChI=1S/C15H22FN3O2/c1-15(2,3)21-14(20)19-9-8-11(10-19)18(4)13-7-5-6-12(16)17-13/h5-7,11H,8-10H2,1-4H3. The van der Waals surface area contributed by atoms with Crippen LogP contribution in [-0.2, 0) is 4.74 Å². The van der Waals surface area contributed by atoms with E-state index < -0.39 is 11.5 Å². The molecule has 0 spiro atoms. The number of hydrogen-bond acceptors (Lipinski definition) is 4. The van der Waals surface area contributed by atoms with Crippen LogP contribution in [0.1, 0.15) is 27.2 Å². The summed E-state index contributed by atoms with van der Waals surface area (Å²) in [5.41, 5.74) is -0.495. The van der Waals surface area contributed by atoms with Crippen molar-refractivity contribution in [1.82, 2.24) is 9.88 Å². The van der Waals surface area contributed by atoms with Crippen molar-refractivity contribution < 1.29 is 13.9 Å². The Morgan fingerprint density at radius 3 is 2.81 bits per heavy atom. The van der Waals surface area contributed by atoms with Crippen molar-refractivity contribution in [3.05, 3.63) is 24.1 Å². The number of halogens is 1. The van der Waals surface area contributed by atoms with E-state index in [9.17, 15) is 9.18 Å². The highest BCUT2D eigenvalue weighted by molar-refractivity contribution is 5.68. The Bertz CT molecular complexity index is 516. The molecule has 1 aliphatic rings. The van der Waals surface area contributed by atoms with Gasteiger partial charge in [0.25, 0.3) is 0 Å². The predicted octanol–water partition coefficient (Wildman–Crippen LogP) is 2.67. The van der Waals surface area contributed by atoms with Crippen LogP contribution in [0.3, 0.4) is 0 Å². The summed E-state index contributed by atoms with van der Waals surface area (Å²) in [4.78, 5) is 19.5. The number of pyridine rings is 1. The lowest BCUT2D eigenvalue weighted by Gasteiger charge is -2.27. The first kappa shape index (κ1) is 15.5. The monoisotopic (exact) mass is 295 g/mol. The summed E-state index contributed by atoms with van der Waals surface area (Å²) in [6.07, 6.45) is 0.513. The first-order valence-corrected chi connectivity index (χ1v) is 7.09. The van der Waals surface area contributed by atoms with Crippen molar-refractivity contribution in [2.75, 3.05) is 25.0 Å². The van der Waals surface area contributed by atoms with E-state index in [-0.39, 0.29) is 12.1 Å². The van der Waals surface area contributed by atoms with Gasteiger partial charge in [0.2, 0.25) is 5.95 Å². The largest absolute Gasteiger partial charge is 0.444 e. The Morgan fingerprint density at radius 1 is 1.48 bits per heavy atom. The number of likely N-dealkylation sites (tertiary alicyclic amines) is 1. The lowest BCUT2D eigenvalue weighted by atomic mass is 10.2. The van der Waals surface area contributed by atoms with Crippen LogP contribution in [0.2, 0.25) is 0 Å². The zero-order chi connectivity index (χ0) is 15.6. The number of aromatic nitrogens is 1. The van der Waals surface area contributed by atoms with E-state index in [2.05, 4.69) is 4.98 Å². The van der Waals surface area contributed by atoms with Crippen molar-refractivity contribution in [2.45, 2.75) is 38.8 Å². The van der Waals surface area contributed by atoms with Crippen molar-refractivity contribution in [3.8, 4) is 0 Å². The number of likely N-dealkylation sites (N-methyl/N-ethyl adjacent to an activating group) is 1. The van der Waals surface area contributed by atoms with E-state index in [1.807, 2.05) is 32.7 Å². The highest BCUT2D eigenvalue weighted by atomic mass is 19.1. The Balaban J connectivity index is 1.97. The molecule has 1 atom stereocenters. The first-order chi connectivity index (χ1) is 9.76. The third-order valence-corrected chi connectivity index (χ3v) is 3.42. The molecule has 0 radical (unpaired) electrons. The number of hydrogen-bond donors (Lipinski definition) is 0. The molecule has 1 saturated heterocycles. The minimum absolute atomic E-state index is 0.117. The quantitative estimate of drug-likeness (QED) is 0.787. The number of ether oxygens (including phenoxy) is 1.